The third kappa shape index (κ3) is 4.21. The van der Waals surface area contributed by atoms with Gasteiger partial charge < -0.3 is 4.74 Å². The van der Waals surface area contributed by atoms with E-state index < -0.39 is 29.3 Å². The zero-order chi connectivity index (χ0) is 17.4. The minimum atomic E-state index is -4.72. The van der Waals surface area contributed by atoms with Crippen molar-refractivity contribution in [2.45, 2.75) is 39.5 Å². The zero-order valence-electron chi connectivity index (χ0n) is 12.9. The Morgan fingerprint density at radius 1 is 1.35 bits per heavy atom. The number of halogens is 3. The summed E-state index contributed by atoms with van der Waals surface area (Å²) in [7, 11) is 0. The summed E-state index contributed by atoms with van der Waals surface area (Å²) < 4.78 is 45.6. The first-order valence-corrected chi connectivity index (χ1v) is 7.43. The Hall–Kier alpha value is -2.10. The average Bonchev–Trinajstić information content (AvgIpc) is 2.91. The minimum absolute atomic E-state index is 0.0389. The van der Waals surface area contributed by atoms with E-state index in [4.69, 9.17) is 4.74 Å². The van der Waals surface area contributed by atoms with Crippen molar-refractivity contribution in [1.82, 2.24) is 14.8 Å². The number of carbonyl (C=O) groups is 1. The van der Waals surface area contributed by atoms with Crippen molar-refractivity contribution in [2.24, 2.45) is 0 Å². The molecule has 2 aromatic heterocycles. The van der Waals surface area contributed by atoms with E-state index in [1.54, 1.807) is 27.7 Å². The van der Waals surface area contributed by atoms with E-state index in [0.717, 1.165) is 6.20 Å². The lowest BCUT2D eigenvalue weighted by Crippen LogP contribution is -2.28. The lowest BCUT2D eigenvalue weighted by Gasteiger charge is -2.20. The molecule has 0 aliphatic rings. The van der Waals surface area contributed by atoms with Gasteiger partial charge in [-0.2, -0.15) is 18.3 Å². The van der Waals surface area contributed by atoms with Gasteiger partial charge in [0.05, 0.1) is 16.9 Å². The van der Waals surface area contributed by atoms with E-state index in [1.165, 1.54) is 16.7 Å². The summed E-state index contributed by atoms with van der Waals surface area (Å²) in [5.41, 5.74) is -2.43. The van der Waals surface area contributed by atoms with Crippen LogP contribution in [0.5, 0.6) is 0 Å². The number of thiazole rings is 1. The number of rotatable bonds is 2. The third-order valence-electron chi connectivity index (χ3n) is 2.50. The summed E-state index contributed by atoms with van der Waals surface area (Å²) in [6.07, 6.45) is -4.79. The first kappa shape index (κ1) is 17.3. The quantitative estimate of drug-likeness (QED) is 0.890. The van der Waals surface area contributed by atoms with E-state index >= 15 is 0 Å². The molecule has 23 heavy (non-hydrogen) atoms. The van der Waals surface area contributed by atoms with E-state index in [2.05, 4.69) is 15.4 Å². The van der Waals surface area contributed by atoms with E-state index in [-0.39, 0.29) is 5.82 Å². The second-order valence-electron chi connectivity index (χ2n) is 5.67. The SMILES string of the molecule is Cc1nc(-n2ncc(NC(=O)OC(C)(C)C)c2C(F)(F)F)cs1. The highest BCUT2D eigenvalue weighted by Crippen LogP contribution is 2.36. The Balaban J connectivity index is 2.38. The van der Waals surface area contributed by atoms with Crippen molar-refractivity contribution in [3.8, 4) is 5.82 Å². The third-order valence-corrected chi connectivity index (χ3v) is 3.26. The molecule has 1 amide bonds. The molecule has 0 fully saturated rings. The largest absolute Gasteiger partial charge is 0.444 e. The standard InChI is InChI=1S/C13H15F3N4O2S/c1-7-18-9(6-23-7)20-10(13(14,15)16)8(5-17-20)19-11(21)22-12(2,3)4/h5-6H,1-4H3,(H,19,21). The van der Waals surface area contributed by atoms with Crippen LogP contribution in [0.4, 0.5) is 23.7 Å². The Labute approximate surface area is 134 Å². The number of nitrogens with zero attached hydrogens (tertiary/aromatic N) is 3. The molecule has 0 atom stereocenters. The van der Waals surface area contributed by atoms with Gasteiger partial charge in [-0.1, -0.05) is 0 Å². The maximum atomic E-state index is 13.3. The number of carbonyl (C=O) groups excluding carboxylic acids is 1. The number of hydrogen-bond acceptors (Lipinski definition) is 5. The fourth-order valence-electron chi connectivity index (χ4n) is 1.75. The van der Waals surface area contributed by atoms with Crippen molar-refractivity contribution in [3.05, 3.63) is 22.3 Å². The second-order valence-corrected chi connectivity index (χ2v) is 6.73. The molecule has 0 saturated heterocycles. The predicted octanol–water partition coefficient (Wildman–Crippen LogP) is 4.00. The first-order chi connectivity index (χ1) is 10.5. The van der Waals surface area contributed by atoms with Crippen LogP contribution in [-0.4, -0.2) is 26.5 Å². The van der Waals surface area contributed by atoms with E-state index in [9.17, 15) is 18.0 Å². The highest BCUT2D eigenvalue weighted by Gasteiger charge is 2.40. The number of aromatic nitrogens is 3. The maximum Gasteiger partial charge on any atom is 0.435 e. The Morgan fingerprint density at radius 3 is 2.48 bits per heavy atom. The molecule has 0 aliphatic carbocycles. The van der Waals surface area contributed by atoms with Crippen LogP contribution in [0.3, 0.4) is 0 Å². The van der Waals surface area contributed by atoms with E-state index in [0.29, 0.717) is 9.69 Å². The number of ether oxygens (including phenoxy) is 1. The van der Waals surface area contributed by atoms with Gasteiger partial charge in [-0.25, -0.2) is 14.5 Å². The molecule has 2 rings (SSSR count). The fourth-order valence-corrected chi connectivity index (χ4v) is 2.32. The molecule has 10 heteroatoms. The molecule has 6 nitrogen and oxygen atoms in total. The Bertz CT molecular complexity index is 716. The van der Waals surface area contributed by atoms with Crippen molar-refractivity contribution < 1.29 is 22.7 Å². The van der Waals surface area contributed by atoms with Crippen molar-refractivity contribution >= 4 is 23.1 Å². The van der Waals surface area contributed by atoms with Crippen LogP contribution < -0.4 is 5.32 Å². The second kappa shape index (κ2) is 5.84. The van der Waals surface area contributed by atoms with Gasteiger partial charge in [-0.05, 0) is 27.7 Å². The fraction of sp³-hybridized carbons (Fsp3) is 0.462. The lowest BCUT2D eigenvalue weighted by atomic mass is 10.2. The normalized spacial score (nSPS) is 12.3. The summed E-state index contributed by atoms with van der Waals surface area (Å²) in [5.74, 6) is 0.0389. The molecule has 2 aromatic rings. The first-order valence-electron chi connectivity index (χ1n) is 6.55. The lowest BCUT2D eigenvalue weighted by molar-refractivity contribution is -0.142. The van der Waals surface area contributed by atoms with Gasteiger partial charge in [-0.15, -0.1) is 11.3 Å². The average molecular weight is 348 g/mol. The maximum absolute atomic E-state index is 13.3. The summed E-state index contributed by atoms with van der Waals surface area (Å²) in [5, 5.41) is 7.82. The van der Waals surface area contributed by atoms with Gasteiger partial charge in [0.1, 0.15) is 5.60 Å². The van der Waals surface area contributed by atoms with Crippen molar-refractivity contribution in [1.29, 1.82) is 0 Å². The van der Waals surface area contributed by atoms with Gasteiger partial charge in [0.25, 0.3) is 0 Å². The molecular weight excluding hydrogens is 333 g/mol. The van der Waals surface area contributed by atoms with Crippen LogP contribution in [0, 0.1) is 6.92 Å². The van der Waals surface area contributed by atoms with Crippen LogP contribution in [0.1, 0.15) is 31.5 Å². The minimum Gasteiger partial charge on any atom is -0.444 e. The molecule has 126 valence electrons. The molecular formula is C13H15F3N4O2S. The van der Waals surface area contributed by atoms with Gasteiger partial charge in [-0.3, -0.25) is 5.32 Å². The number of amides is 1. The molecule has 1 N–H and O–H groups in total. The van der Waals surface area contributed by atoms with Crippen LogP contribution in [0.15, 0.2) is 11.6 Å². The van der Waals surface area contributed by atoms with Crippen LogP contribution >= 0.6 is 11.3 Å². The predicted molar refractivity (Wildman–Crippen MR) is 78.8 cm³/mol. The molecule has 0 unspecified atom stereocenters. The molecule has 0 radical (unpaired) electrons. The van der Waals surface area contributed by atoms with Crippen molar-refractivity contribution in [3.63, 3.8) is 0 Å². The molecule has 0 bridgehead atoms. The van der Waals surface area contributed by atoms with Gasteiger partial charge in [0.2, 0.25) is 0 Å². The summed E-state index contributed by atoms with van der Waals surface area (Å²) >= 11 is 1.20. The van der Waals surface area contributed by atoms with Crippen LogP contribution in [0.25, 0.3) is 5.82 Å². The number of aryl methyl sites for hydroxylation is 1. The number of anilines is 1. The Morgan fingerprint density at radius 2 is 2.00 bits per heavy atom. The zero-order valence-corrected chi connectivity index (χ0v) is 13.7. The highest BCUT2D eigenvalue weighted by atomic mass is 32.1. The van der Waals surface area contributed by atoms with Gasteiger partial charge in [0, 0.05) is 5.38 Å². The number of hydrogen-bond donors (Lipinski definition) is 1. The summed E-state index contributed by atoms with van der Waals surface area (Å²) in [6, 6.07) is 0. The molecule has 0 saturated carbocycles. The summed E-state index contributed by atoms with van der Waals surface area (Å²) in [6.45, 7) is 6.50. The monoisotopic (exact) mass is 348 g/mol. The summed E-state index contributed by atoms with van der Waals surface area (Å²) in [4.78, 5) is 15.7. The molecule has 0 aliphatic heterocycles. The van der Waals surface area contributed by atoms with Crippen LogP contribution in [0.2, 0.25) is 0 Å². The van der Waals surface area contributed by atoms with Gasteiger partial charge in [0.15, 0.2) is 11.5 Å². The number of alkyl halides is 3. The smallest absolute Gasteiger partial charge is 0.435 e. The van der Waals surface area contributed by atoms with Crippen LogP contribution in [-0.2, 0) is 10.9 Å². The van der Waals surface area contributed by atoms with Gasteiger partial charge >= 0.3 is 12.3 Å². The van der Waals surface area contributed by atoms with E-state index in [1.807, 2.05) is 0 Å². The highest BCUT2D eigenvalue weighted by molar-refractivity contribution is 7.09. The Kier molecular flexibility index (Phi) is 4.38. The molecule has 0 aromatic carbocycles. The molecule has 2 heterocycles. The topological polar surface area (TPSA) is 69.0 Å². The van der Waals surface area contributed by atoms with Crippen molar-refractivity contribution in [2.75, 3.05) is 5.32 Å². The molecule has 0 spiro atoms. The number of nitrogens with one attached hydrogen (secondary N) is 1.